The minimum Gasteiger partial charge on any atom is -0.340 e. The van der Waals surface area contributed by atoms with Gasteiger partial charge in [-0.1, -0.05) is 43.0 Å². The van der Waals surface area contributed by atoms with Gasteiger partial charge in [-0.25, -0.2) is 8.42 Å². The molecule has 0 radical (unpaired) electrons. The van der Waals surface area contributed by atoms with Gasteiger partial charge >= 0.3 is 0 Å². The van der Waals surface area contributed by atoms with Gasteiger partial charge in [-0.15, -0.1) is 0 Å². The fourth-order valence-electron chi connectivity index (χ4n) is 3.55. The van der Waals surface area contributed by atoms with Crippen molar-refractivity contribution in [2.75, 3.05) is 26.2 Å². The van der Waals surface area contributed by atoms with Crippen LogP contribution in [0.15, 0.2) is 29.2 Å². The maximum absolute atomic E-state index is 12.7. The van der Waals surface area contributed by atoms with Gasteiger partial charge in [-0.2, -0.15) is 4.31 Å². The first kappa shape index (κ1) is 17.7. The standard InChI is InChI=1S/C17H23ClN2O3S/c18-15-8-4-5-9-16(15)24(22,23)20-12-10-19(11-13-20)17(21)14-6-2-1-3-7-14/h4-5,8-9,14H,1-3,6-7,10-13H2. The second kappa shape index (κ2) is 7.42. The molecule has 0 aromatic heterocycles. The second-order valence-corrected chi connectivity index (χ2v) is 8.81. The molecule has 0 atom stereocenters. The lowest BCUT2D eigenvalue weighted by Crippen LogP contribution is -2.52. The van der Waals surface area contributed by atoms with Crippen LogP contribution in [0.2, 0.25) is 5.02 Å². The van der Waals surface area contributed by atoms with Crippen molar-refractivity contribution in [1.82, 2.24) is 9.21 Å². The molecule has 1 aromatic rings. The number of carbonyl (C=O) groups excluding carboxylic acids is 1. The Kier molecular flexibility index (Phi) is 5.47. The summed E-state index contributed by atoms with van der Waals surface area (Å²) in [6.07, 6.45) is 5.40. The van der Waals surface area contributed by atoms with E-state index in [0.29, 0.717) is 26.2 Å². The van der Waals surface area contributed by atoms with Crippen molar-refractivity contribution >= 4 is 27.5 Å². The van der Waals surface area contributed by atoms with Crippen LogP contribution in [0.25, 0.3) is 0 Å². The number of nitrogens with zero attached hydrogens (tertiary/aromatic N) is 2. The zero-order valence-electron chi connectivity index (χ0n) is 13.7. The fraction of sp³-hybridized carbons (Fsp3) is 0.588. The van der Waals surface area contributed by atoms with Gasteiger partial charge < -0.3 is 4.90 Å². The van der Waals surface area contributed by atoms with Crippen LogP contribution in [0.4, 0.5) is 0 Å². The van der Waals surface area contributed by atoms with E-state index in [2.05, 4.69) is 0 Å². The highest BCUT2D eigenvalue weighted by Crippen LogP contribution is 2.28. The highest BCUT2D eigenvalue weighted by atomic mass is 35.5. The van der Waals surface area contributed by atoms with Crippen molar-refractivity contribution in [3.05, 3.63) is 29.3 Å². The molecule has 1 heterocycles. The third-order valence-corrected chi connectivity index (χ3v) is 7.36. The fourth-order valence-corrected chi connectivity index (χ4v) is 5.47. The lowest BCUT2D eigenvalue weighted by atomic mass is 9.88. The zero-order chi connectivity index (χ0) is 17.2. The predicted octanol–water partition coefficient (Wildman–Crippen LogP) is 2.75. The van der Waals surface area contributed by atoms with Crippen LogP contribution in [0.3, 0.4) is 0 Å². The molecule has 1 saturated heterocycles. The van der Waals surface area contributed by atoms with Crippen LogP contribution in [-0.2, 0) is 14.8 Å². The SMILES string of the molecule is O=C(C1CCCCC1)N1CCN(S(=O)(=O)c2ccccc2Cl)CC1. The summed E-state index contributed by atoms with van der Waals surface area (Å²) in [6, 6.07) is 6.48. The smallest absolute Gasteiger partial charge is 0.244 e. The van der Waals surface area contributed by atoms with E-state index in [-0.39, 0.29) is 21.7 Å². The maximum Gasteiger partial charge on any atom is 0.244 e. The Balaban J connectivity index is 1.64. The van der Waals surface area contributed by atoms with Crippen LogP contribution >= 0.6 is 11.6 Å². The number of halogens is 1. The molecule has 1 aliphatic heterocycles. The van der Waals surface area contributed by atoms with E-state index in [9.17, 15) is 13.2 Å². The molecular weight excluding hydrogens is 348 g/mol. The maximum atomic E-state index is 12.7. The van der Waals surface area contributed by atoms with Crippen LogP contribution in [-0.4, -0.2) is 49.7 Å². The average molecular weight is 371 g/mol. The molecule has 1 aliphatic carbocycles. The molecule has 2 aliphatic rings. The molecule has 24 heavy (non-hydrogen) atoms. The van der Waals surface area contributed by atoms with E-state index in [0.717, 1.165) is 25.7 Å². The molecule has 132 valence electrons. The number of rotatable bonds is 3. The highest BCUT2D eigenvalue weighted by molar-refractivity contribution is 7.89. The van der Waals surface area contributed by atoms with Crippen molar-refractivity contribution in [2.45, 2.75) is 37.0 Å². The molecule has 5 nitrogen and oxygen atoms in total. The molecular formula is C17H23ClN2O3S. The molecule has 1 aromatic carbocycles. The molecule has 1 saturated carbocycles. The van der Waals surface area contributed by atoms with Gasteiger partial charge in [0, 0.05) is 32.1 Å². The quantitative estimate of drug-likeness (QED) is 0.822. The van der Waals surface area contributed by atoms with Crippen molar-refractivity contribution in [3.8, 4) is 0 Å². The molecule has 2 fully saturated rings. The molecule has 0 bridgehead atoms. The van der Waals surface area contributed by atoms with Gasteiger partial charge in [0.25, 0.3) is 0 Å². The summed E-state index contributed by atoms with van der Waals surface area (Å²) in [7, 11) is -3.60. The Bertz CT molecular complexity index is 694. The Morgan fingerprint density at radius 2 is 1.62 bits per heavy atom. The Hall–Kier alpha value is -1.11. The average Bonchev–Trinajstić information content (AvgIpc) is 2.62. The first-order valence-electron chi connectivity index (χ1n) is 8.53. The van der Waals surface area contributed by atoms with E-state index in [1.54, 1.807) is 18.2 Å². The minimum atomic E-state index is -3.60. The van der Waals surface area contributed by atoms with Crippen molar-refractivity contribution in [2.24, 2.45) is 5.92 Å². The molecule has 0 N–H and O–H groups in total. The van der Waals surface area contributed by atoms with E-state index < -0.39 is 10.0 Å². The first-order chi connectivity index (χ1) is 11.5. The Morgan fingerprint density at radius 3 is 2.25 bits per heavy atom. The first-order valence-corrected chi connectivity index (χ1v) is 10.4. The Morgan fingerprint density at radius 1 is 1.00 bits per heavy atom. The van der Waals surface area contributed by atoms with Gasteiger partial charge in [-0.3, -0.25) is 4.79 Å². The summed E-state index contributed by atoms with van der Waals surface area (Å²) in [6.45, 7) is 1.57. The van der Waals surface area contributed by atoms with Crippen LogP contribution in [0.1, 0.15) is 32.1 Å². The number of piperazine rings is 1. The van der Waals surface area contributed by atoms with Gasteiger partial charge in [0.1, 0.15) is 4.90 Å². The second-order valence-electron chi connectivity index (χ2n) is 6.49. The molecule has 0 unspecified atom stereocenters. The molecule has 1 amide bonds. The van der Waals surface area contributed by atoms with Gasteiger partial charge in [0.15, 0.2) is 0 Å². The lowest BCUT2D eigenvalue weighted by Gasteiger charge is -2.36. The van der Waals surface area contributed by atoms with E-state index in [1.165, 1.54) is 16.8 Å². The van der Waals surface area contributed by atoms with Crippen LogP contribution < -0.4 is 0 Å². The van der Waals surface area contributed by atoms with Gasteiger partial charge in [-0.05, 0) is 25.0 Å². The summed E-state index contributed by atoms with van der Waals surface area (Å²) >= 11 is 6.04. The molecule has 0 spiro atoms. The Labute approximate surface area is 148 Å². The van der Waals surface area contributed by atoms with E-state index in [4.69, 9.17) is 11.6 Å². The summed E-state index contributed by atoms with van der Waals surface area (Å²) in [5, 5.41) is 0.234. The third kappa shape index (κ3) is 3.60. The highest BCUT2D eigenvalue weighted by Gasteiger charge is 2.33. The summed E-state index contributed by atoms with van der Waals surface area (Å²) in [5.41, 5.74) is 0. The number of amides is 1. The zero-order valence-corrected chi connectivity index (χ0v) is 15.2. The minimum absolute atomic E-state index is 0.130. The van der Waals surface area contributed by atoms with E-state index in [1.807, 2.05) is 4.90 Å². The molecule has 3 rings (SSSR count). The topological polar surface area (TPSA) is 57.7 Å². The summed E-state index contributed by atoms with van der Waals surface area (Å²) in [5.74, 6) is 0.329. The van der Waals surface area contributed by atoms with E-state index >= 15 is 0 Å². The van der Waals surface area contributed by atoms with Crippen LogP contribution in [0, 0.1) is 5.92 Å². The molecule has 7 heteroatoms. The van der Waals surface area contributed by atoms with Crippen molar-refractivity contribution < 1.29 is 13.2 Å². The normalized spacial score (nSPS) is 21.0. The number of hydrogen-bond donors (Lipinski definition) is 0. The number of hydrogen-bond acceptors (Lipinski definition) is 3. The summed E-state index contributed by atoms with van der Waals surface area (Å²) < 4.78 is 26.9. The van der Waals surface area contributed by atoms with Crippen LogP contribution in [0.5, 0.6) is 0 Å². The number of sulfonamides is 1. The van der Waals surface area contributed by atoms with Gasteiger partial charge in [0.2, 0.25) is 15.9 Å². The lowest BCUT2D eigenvalue weighted by molar-refractivity contribution is -0.137. The predicted molar refractivity (Wildman–Crippen MR) is 93.4 cm³/mol. The third-order valence-electron chi connectivity index (χ3n) is 4.96. The summed E-state index contributed by atoms with van der Waals surface area (Å²) in [4.78, 5) is 14.5. The number of benzene rings is 1. The van der Waals surface area contributed by atoms with Crippen molar-refractivity contribution in [3.63, 3.8) is 0 Å². The van der Waals surface area contributed by atoms with Crippen molar-refractivity contribution in [1.29, 1.82) is 0 Å². The largest absolute Gasteiger partial charge is 0.340 e. The van der Waals surface area contributed by atoms with Gasteiger partial charge in [0.05, 0.1) is 5.02 Å². The monoisotopic (exact) mass is 370 g/mol. The number of carbonyl (C=O) groups is 1.